The van der Waals surface area contributed by atoms with Crippen LogP contribution in [0.5, 0.6) is 5.75 Å². The first-order valence-corrected chi connectivity index (χ1v) is 9.90. The Hall–Kier alpha value is -1.99. The van der Waals surface area contributed by atoms with Gasteiger partial charge in [-0.3, -0.25) is 9.36 Å². The number of benzene rings is 1. The van der Waals surface area contributed by atoms with Crippen molar-refractivity contribution in [1.29, 1.82) is 0 Å². The summed E-state index contributed by atoms with van der Waals surface area (Å²) in [4.78, 5) is 16.4. The van der Waals surface area contributed by atoms with E-state index in [0.717, 1.165) is 35.5 Å². The predicted octanol–water partition coefficient (Wildman–Crippen LogP) is 2.91. The van der Waals surface area contributed by atoms with Crippen molar-refractivity contribution < 1.29 is 14.3 Å². The Kier molecular flexibility index (Phi) is 6.96. The molecule has 0 saturated heterocycles. The van der Waals surface area contributed by atoms with Crippen molar-refractivity contribution in [1.82, 2.24) is 14.9 Å². The standard InChI is InChI=1S/C19H25N3O3S/c1-24-17-5-2-4-16(12-17)22-10-9-21-19(22)26-14-18(23)20-8-3-11-25-13-15-6-7-15/h2,4-5,9-10,12,15H,3,6-8,11,13-14H2,1H3,(H,20,23). The highest BCUT2D eigenvalue weighted by Crippen LogP contribution is 2.28. The topological polar surface area (TPSA) is 65.4 Å². The van der Waals surface area contributed by atoms with E-state index in [2.05, 4.69) is 10.3 Å². The average molecular weight is 375 g/mol. The van der Waals surface area contributed by atoms with E-state index in [9.17, 15) is 4.79 Å². The summed E-state index contributed by atoms with van der Waals surface area (Å²) in [7, 11) is 1.64. The summed E-state index contributed by atoms with van der Waals surface area (Å²) in [6, 6.07) is 7.75. The van der Waals surface area contributed by atoms with Crippen molar-refractivity contribution >= 4 is 17.7 Å². The molecule has 1 aromatic carbocycles. The molecule has 1 aromatic heterocycles. The van der Waals surface area contributed by atoms with Gasteiger partial charge in [-0.1, -0.05) is 17.8 Å². The third kappa shape index (κ3) is 5.78. The molecule has 1 fully saturated rings. The SMILES string of the molecule is COc1cccc(-n2ccnc2SCC(=O)NCCCOCC2CC2)c1. The number of hydrogen-bond donors (Lipinski definition) is 1. The fraction of sp³-hybridized carbons (Fsp3) is 0.474. The molecule has 1 saturated carbocycles. The molecule has 1 heterocycles. The van der Waals surface area contributed by atoms with E-state index in [4.69, 9.17) is 9.47 Å². The van der Waals surface area contributed by atoms with Gasteiger partial charge in [0.2, 0.25) is 5.91 Å². The van der Waals surface area contributed by atoms with Gasteiger partial charge in [-0.25, -0.2) is 4.98 Å². The van der Waals surface area contributed by atoms with Crippen LogP contribution in [-0.2, 0) is 9.53 Å². The number of amides is 1. The molecule has 0 radical (unpaired) electrons. The molecule has 26 heavy (non-hydrogen) atoms. The number of methoxy groups -OCH3 is 1. The lowest BCUT2D eigenvalue weighted by Gasteiger charge is -2.09. The predicted molar refractivity (Wildman–Crippen MR) is 102 cm³/mol. The number of thioether (sulfide) groups is 1. The van der Waals surface area contributed by atoms with Crippen molar-refractivity contribution in [3.63, 3.8) is 0 Å². The number of nitrogens with one attached hydrogen (secondary N) is 1. The Morgan fingerprint density at radius 2 is 2.31 bits per heavy atom. The number of ether oxygens (including phenoxy) is 2. The molecule has 3 rings (SSSR count). The zero-order valence-electron chi connectivity index (χ0n) is 15.0. The van der Waals surface area contributed by atoms with E-state index in [1.54, 1.807) is 13.3 Å². The maximum absolute atomic E-state index is 12.0. The molecule has 1 aliphatic carbocycles. The molecule has 6 nitrogen and oxygen atoms in total. The van der Waals surface area contributed by atoms with Crippen LogP contribution in [0.4, 0.5) is 0 Å². The quantitative estimate of drug-likeness (QED) is 0.483. The molecular weight excluding hydrogens is 350 g/mol. The molecule has 0 aliphatic heterocycles. The first kappa shape index (κ1) is 18.8. The summed E-state index contributed by atoms with van der Waals surface area (Å²) in [6.07, 6.45) is 7.07. The lowest BCUT2D eigenvalue weighted by atomic mass is 10.3. The van der Waals surface area contributed by atoms with Gasteiger partial charge in [0.25, 0.3) is 0 Å². The smallest absolute Gasteiger partial charge is 0.230 e. The first-order valence-electron chi connectivity index (χ1n) is 8.91. The fourth-order valence-corrected chi connectivity index (χ4v) is 3.27. The Bertz CT molecular complexity index is 716. The maximum Gasteiger partial charge on any atom is 0.230 e. The second-order valence-electron chi connectivity index (χ2n) is 6.29. The molecule has 1 amide bonds. The highest BCUT2D eigenvalue weighted by molar-refractivity contribution is 7.99. The van der Waals surface area contributed by atoms with Gasteiger partial charge in [0, 0.05) is 38.2 Å². The summed E-state index contributed by atoms with van der Waals surface area (Å²) in [5, 5.41) is 3.71. The van der Waals surface area contributed by atoms with Crippen LogP contribution in [0.2, 0.25) is 0 Å². The number of rotatable bonds is 11. The van der Waals surface area contributed by atoms with Crippen molar-refractivity contribution in [3.8, 4) is 11.4 Å². The minimum atomic E-state index is 0.0115. The molecule has 1 aliphatic rings. The zero-order valence-corrected chi connectivity index (χ0v) is 15.8. The van der Waals surface area contributed by atoms with E-state index in [1.807, 2.05) is 35.0 Å². The van der Waals surface area contributed by atoms with Gasteiger partial charge in [0.1, 0.15) is 5.75 Å². The Balaban J connectivity index is 1.40. The monoisotopic (exact) mass is 375 g/mol. The van der Waals surface area contributed by atoms with Crippen LogP contribution in [0.1, 0.15) is 19.3 Å². The number of imidazole rings is 1. The summed E-state index contributed by atoms with van der Waals surface area (Å²) in [5.74, 6) is 1.92. The summed E-state index contributed by atoms with van der Waals surface area (Å²) in [6.45, 7) is 2.23. The average Bonchev–Trinajstić information content (AvgIpc) is 3.37. The fourth-order valence-electron chi connectivity index (χ4n) is 2.47. The minimum Gasteiger partial charge on any atom is -0.497 e. The normalized spacial score (nSPS) is 13.6. The van der Waals surface area contributed by atoms with Gasteiger partial charge < -0.3 is 14.8 Å². The second kappa shape index (κ2) is 9.64. The molecular formula is C19H25N3O3S. The van der Waals surface area contributed by atoms with Crippen molar-refractivity contribution in [2.24, 2.45) is 5.92 Å². The number of carbonyl (C=O) groups is 1. The van der Waals surface area contributed by atoms with E-state index in [1.165, 1.54) is 24.6 Å². The van der Waals surface area contributed by atoms with Gasteiger partial charge in [0.15, 0.2) is 5.16 Å². The van der Waals surface area contributed by atoms with E-state index < -0.39 is 0 Å². The lowest BCUT2D eigenvalue weighted by molar-refractivity contribution is -0.118. The van der Waals surface area contributed by atoms with Crippen LogP contribution in [0.15, 0.2) is 41.8 Å². The Labute approximate surface area is 158 Å². The number of carbonyl (C=O) groups excluding carboxylic acids is 1. The molecule has 0 bridgehead atoms. The Morgan fingerprint density at radius 1 is 1.42 bits per heavy atom. The maximum atomic E-state index is 12.0. The third-order valence-corrected chi connectivity index (χ3v) is 5.08. The Morgan fingerprint density at radius 3 is 3.12 bits per heavy atom. The van der Waals surface area contributed by atoms with Crippen LogP contribution in [0.25, 0.3) is 5.69 Å². The minimum absolute atomic E-state index is 0.0115. The number of nitrogens with zero attached hydrogens (tertiary/aromatic N) is 2. The second-order valence-corrected chi connectivity index (χ2v) is 7.23. The molecule has 140 valence electrons. The van der Waals surface area contributed by atoms with Crippen molar-refractivity contribution in [2.75, 3.05) is 32.6 Å². The van der Waals surface area contributed by atoms with Crippen molar-refractivity contribution in [2.45, 2.75) is 24.4 Å². The van der Waals surface area contributed by atoms with E-state index >= 15 is 0 Å². The first-order chi connectivity index (χ1) is 12.8. The lowest BCUT2D eigenvalue weighted by Crippen LogP contribution is -2.27. The van der Waals surface area contributed by atoms with Gasteiger partial charge in [-0.2, -0.15) is 0 Å². The largest absolute Gasteiger partial charge is 0.497 e. The molecule has 2 aromatic rings. The van der Waals surface area contributed by atoms with Crippen LogP contribution in [0, 0.1) is 5.92 Å². The van der Waals surface area contributed by atoms with Crippen LogP contribution in [0.3, 0.4) is 0 Å². The highest BCUT2D eigenvalue weighted by Gasteiger charge is 2.20. The summed E-state index contributed by atoms with van der Waals surface area (Å²) in [5.41, 5.74) is 0.956. The third-order valence-electron chi connectivity index (χ3n) is 4.11. The molecule has 0 atom stereocenters. The van der Waals surface area contributed by atoms with Crippen molar-refractivity contribution in [3.05, 3.63) is 36.7 Å². The van der Waals surface area contributed by atoms with Gasteiger partial charge in [0.05, 0.1) is 18.6 Å². The van der Waals surface area contributed by atoms with Crippen LogP contribution >= 0.6 is 11.8 Å². The molecule has 1 N–H and O–H groups in total. The van der Waals surface area contributed by atoms with Crippen LogP contribution in [-0.4, -0.2) is 48.1 Å². The molecule has 0 spiro atoms. The highest BCUT2D eigenvalue weighted by atomic mass is 32.2. The molecule has 0 unspecified atom stereocenters. The van der Waals surface area contributed by atoms with Crippen LogP contribution < -0.4 is 10.1 Å². The van der Waals surface area contributed by atoms with Gasteiger partial charge >= 0.3 is 0 Å². The van der Waals surface area contributed by atoms with E-state index in [-0.39, 0.29) is 5.91 Å². The summed E-state index contributed by atoms with van der Waals surface area (Å²) >= 11 is 1.42. The number of aromatic nitrogens is 2. The zero-order chi connectivity index (χ0) is 18.2. The van der Waals surface area contributed by atoms with E-state index in [0.29, 0.717) is 18.9 Å². The number of hydrogen-bond acceptors (Lipinski definition) is 5. The molecule has 7 heteroatoms. The van der Waals surface area contributed by atoms with Gasteiger partial charge in [-0.15, -0.1) is 0 Å². The van der Waals surface area contributed by atoms with Gasteiger partial charge in [-0.05, 0) is 37.3 Å². The summed E-state index contributed by atoms with van der Waals surface area (Å²) < 4.78 is 12.8.